The van der Waals surface area contributed by atoms with Crippen molar-refractivity contribution in [3.8, 4) is 0 Å². The van der Waals surface area contributed by atoms with Crippen molar-refractivity contribution in [1.82, 2.24) is 19.4 Å². The first-order chi connectivity index (χ1) is 11.6. The highest BCUT2D eigenvalue weighted by Crippen LogP contribution is 2.25. The predicted molar refractivity (Wildman–Crippen MR) is 95.9 cm³/mol. The summed E-state index contributed by atoms with van der Waals surface area (Å²) in [5.74, 6) is 1.23. The second-order valence-corrected chi connectivity index (χ2v) is 6.92. The Morgan fingerprint density at radius 1 is 1.21 bits per heavy atom. The number of aliphatic hydroxyl groups excluding tert-OH is 1. The smallest absolute Gasteiger partial charge is 0.127 e. The summed E-state index contributed by atoms with van der Waals surface area (Å²) in [6, 6.07) is 10.5. The largest absolute Gasteiger partial charge is 0.391 e. The number of aryl methyl sites for hydroxylation is 1. The highest BCUT2D eigenvalue weighted by molar-refractivity contribution is 5.20. The third-order valence-corrected chi connectivity index (χ3v) is 5.24. The maximum Gasteiger partial charge on any atom is 0.127 e. The molecule has 0 radical (unpaired) electrons. The minimum Gasteiger partial charge on any atom is -0.391 e. The number of β-amino-alcohol motifs (C(OH)–C–C–N with tert-alkyl or cyclic N) is 1. The van der Waals surface area contributed by atoms with Crippen LogP contribution in [-0.4, -0.2) is 63.8 Å². The fourth-order valence-corrected chi connectivity index (χ4v) is 3.47. The van der Waals surface area contributed by atoms with Crippen LogP contribution in [-0.2, 0) is 7.05 Å². The van der Waals surface area contributed by atoms with E-state index in [0.29, 0.717) is 6.54 Å². The monoisotopic (exact) mass is 328 g/mol. The van der Waals surface area contributed by atoms with Crippen molar-refractivity contribution in [2.45, 2.75) is 25.0 Å². The van der Waals surface area contributed by atoms with Gasteiger partial charge in [0.25, 0.3) is 0 Å². The second-order valence-electron chi connectivity index (χ2n) is 6.92. The van der Waals surface area contributed by atoms with Gasteiger partial charge in [-0.15, -0.1) is 0 Å². The van der Waals surface area contributed by atoms with E-state index in [9.17, 15) is 5.11 Å². The Morgan fingerprint density at radius 2 is 1.96 bits per heavy atom. The van der Waals surface area contributed by atoms with Crippen LogP contribution in [0.3, 0.4) is 0 Å². The van der Waals surface area contributed by atoms with Crippen molar-refractivity contribution in [3.63, 3.8) is 0 Å². The fourth-order valence-electron chi connectivity index (χ4n) is 3.47. The summed E-state index contributed by atoms with van der Waals surface area (Å²) in [6.45, 7) is 5.68. The minimum atomic E-state index is -0.363. The van der Waals surface area contributed by atoms with Crippen LogP contribution >= 0.6 is 0 Å². The van der Waals surface area contributed by atoms with Gasteiger partial charge in [-0.25, -0.2) is 4.98 Å². The van der Waals surface area contributed by atoms with E-state index in [1.807, 2.05) is 37.6 Å². The molecule has 0 amide bonds. The van der Waals surface area contributed by atoms with Gasteiger partial charge < -0.3 is 9.67 Å². The number of piperazine rings is 1. The minimum absolute atomic E-state index is 0.137. The van der Waals surface area contributed by atoms with Crippen LogP contribution in [0.25, 0.3) is 0 Å². The van der Waals surface area contributed by atoms with E-state index in [0.717, 1.165) is 25.5 Å². The van der Waals surface area contributed by atoms with E-state index in [4.69, 9.17) is 0 Å². The van der Waals surface area contributed by atoms with Gasteiger partial charge in [0, 0.05) is 51.5 Å². The van der Waals surface area contributed by atoms with E-state index in [1.54, 1.807) is 0 Å². The highest BCUT2D eigenvalue weighted by Gasteiger charge is 2.30. The highest BCUT2D eigenvalue weighted by atomic mass is 16.3. The van der Waals surface area contributed by atoms with Crippen LogP contribution < -0.4 is 0 Å². The third kappa shape index (κ3) is 3.69. The molecule has 24 heavy (non-hydrogen) atoms. The summed E-state index contributed by atoms with van der Waals surface area (Å²) in [6.07, 6.45) is 3.49. The SMILES string of the molecule is CC(c1ccccc1)C(O)CN1CCN(C)C(c2nccn2C)C1. The van der Waals surface area contributed by atoms with Crippen LogP contribution in [0.15, 0.2) is 42.7 Å². The van der Waals surface area contributed by atoms with Crippen molar-refractivity contribution < 1.29 is 5.11 Å². The molecule has 5 nitrogen and oxygen atoms in total. The number of nitrogens with zero attached hydrogens (tertiary/aromatic N) is 4. The first kappa shape index (κ1) is 17.1. The maximum atomic E-state index is 10.7. The molecule has 1 aliphatic heterocycles. The summed E-state index contributed by atoms with van der Waals surface area (Å²) in [7, 11) is 4.20. The Balaban J connectivity index is 1.64. The van der Waals surface area contributed by atoms with Gasteiger partial charge in [0.15, 0.2) is 0 Å². The lowest BCUT2D eigenvalue weighted by atomic mass is 9.95. The number of imidazole rings is 1. The molecular formula is C19H28N4O. The van der Waals surface area contributed by atoms with Gasteiger partial charge >= 0.3 is 0 Å². The molecule has 1 N–H and O–H groups in total. The predicted octanol–water partition coefficient (Wildman–Crippen LogP) is 1.87. The van der Waals surface area contributed by atoms with E-state index in [1.165, 1.54) is 5.56 Å². The number of aromatic nitrogens is 2. The molecule has 0 aliphatic carbocycles. The zero-order valence-corrected chi connectivity index (χ0v) is 14.8. The first-order valence-corrected chi connectivity index (χ1v) is 8.69. The van der Waals surface area contributed by atoms with Crippen LogP contribution in [0, 0.1) is 0 Å². The molecule has 5 heteroatoms. The van der Waals surface area contributed by atoms with Gasteiger partial charge in [0.1, 0.15) is 5.82 Å². The maximum absolute atomic E-state index is 10.7. The van der Waals surface area contributed by atoms with E-state index in [-0.39, 0.29) is 18.1 Å². The van der Waals surface area contributed by atoms with Crippen molar-refractivity contribution in [3.05, 3.63) is 54.1 Å². The van der Waals surface area contributed by atoms with E-state index >= 15 is 0 Å². The van der Waals surface area contributed by atoms with Crippen molar-refractivity contribution in [1.29, 1.82) is 0 Å². The van der Waals surface area contributed by atoms with E-state index in [2.05, 4.69) is 45.5 Å². The number of hydrogen-bond donors (Lipinski definition) is 1. The second kappa shape index (κ2) is 7.47. The van der Waals surface area contributed by atoms with Gasteiger partial charge in [-0.2, -0.15) is 0 Å². The fraction of sp³-hybridized carbons (Fsp3) is 0.526. The average molecular weight is 328 g/mol. The van der Waals surface area contributed by atoms with Crippen LogP contribution in [0.2, 0.25) is 0 Å². The van der Waals surface area contributed by atoms with Gasteiger partial charge in [-0.05, 0) is 12.6 Å². The number of benzene rings is 1. The first-order valence-electron chi connectivity index (χ1n) is 8.69. The number of rotatable bonds is 5. The summed E-state index contributed by atoms with van der Waals surface area (Å²) in [4.78, 5) is 9.24. The van der Waals surface area contributed by atoms with E-state index < -0.39 is 0 Å². The molecule has 3 rings (SSSR count). The summed E-state index contributed by atoms with van der Waals surface area (Å²) in [5, 5.41) is 10.7. The number of hydrogen-bond acceptors (Lipinski definition) is 4. The molecule has 1 aliphatic rings. The van der Waals surface area contributed by atoms with Crippen LogP contribution in [0.1, 0.15) is 30.3 Å². The van der Waals surface area contributed by atoms with Gasteiger partial charge in [0.05, 0.1) is 12.1 Å². The normalized spacial score (nSPS) is 22.4. The number of likely N-dealkylation sites (N-methyl/N-ethyl adjacent to an activating group) is 1. The lowest BCUT2D eigenvalue weighted by Crippen LogP contribution is -2.49. The molecule has 3 unspecified atom stereocenters. The summed E-state index contributed by atoms with van der Waals surface area (Å²) < 4.78 is 2.09. The van der Waals surface area contributed by atoms with Crippen LogP contribution in [0.4, 0.5) is 0 Å². The van der Waals surface area contributed by atoms with Gasteiger partial charge in [-0.1, -0.05) is 37.3 Å². The molecular weight excluding hydrogens is 300 g/mol. The Kier molecular flexibility index (Phi) is 5.33. The number of aliphatic hydroxyl groups is 1. The topological polar surface area (TPSA) is 44.5 Å². The molecule has 1 fully saturated rings. The standard InChI is InChI=1S/C19H28N4O/c1-15(16-7-5-4-6-8-16)18(24)14-23-12-11-21(2)17(13-23)19-20-9-10-22(19)3/h4-10,15,17-18,24H,11-14H2,1-3H3. The molecule has 2 heterocycles. The zero-order chi connectivity index (χ0) is 17.1. The zero-order valence-electron chi connectivity index (χ0n) is 14.8. The quantitative estimate of drug-likeness (QED) is 0.910. The van der Waals surface area contributed by atoms with Crippen molar-refractivity contribution >= 4 is 0 Å². The van der Waals surface area contributed by atoms with Crippen molar-refractivity contribution in [2.24, 2.45) is 7.05 Å². The summed E-state index contributed by atoms with van der Waals surface area (Å²) >= 11 is 0. The Labute approximate surface area is 144 Å². The molecule has 2 aromatic rings. The van der Waals surface area contributed by atoms with Crippen molar-refractivity contribution in [2.75, 3.05) is 33.2 Å². The lowest BCUT2D eigenvalue weighted by Gasteiger charge is -2.40. The molecule has 1 aromatic carbocycles. The molecule has 3 atom stereocenters. The molecule has 1 aromatic heterocycles. The van der Waals surface area contributed by atoms with Gasteiger partial charge in [-0.3, -0.25) is 9.80 Å². The molecule has 0 spiro atoms. The lowest BCUT2D eigenvalue weighted by molar-refractivity contribution is 0.0400. The summed E-state index contributed by atoms with van der Waals surface area (Å²) in [5.41, 5.74) is 1.19. The van der Waals surface area contributed by atoms with Crippen LogP contribution in [0.5, 0.6) is 0 Å². The molecule has 1 saturated heterocycles. The Bertz CT molecular complexity index is 642. The average Bonchev–Trinajstić information content (AvgIpc) is 3.02. The molecule has 0 bridgehead atoms. The molecule has 130 valence electrons. The third-order valence-electron chi connectivity index (χ3n) is 5.24. The molecule has 0 saturated carbocycles. The van der Waals surface area contributed by atoms with Gasteiger partial charge in [0.2, 0.25) is 0 Å². The Morgan fingerprint density at radius 3 is 2.62 bits per heavy atom. The Hall–Kier alpha value is -1.69.